The Labute approximate surface area is 267 Å². The summed E-state index contributed by atoms with van der Waals surface area (Å²) < 4.78 is 0. The fourth-order valence-corrected chi connectivity index (χ4v) is 7.87. The van der Waals surface area contributed by atoms with Crippen molar-refractivity contribution in [2.75, 3.05) is 0 Å². The van der Waals surface area contributed by atoms with E-state index in [-0.39, 0.29) is 0 Å². The third kappa shape index (κ3) is 3.68. The maximum Gasteiger partial charge on any atom is -0.00203 e. The van der Waals surface area contributed by atoms with Gasteiger partial charge in [-0.1, -0.05) is 152 Å². The Morgan fingerprint density at radius 2 is 0.696 bits per heavy atom. The SMILES string of the molecule is c1ccc(-c2cc3ccccc3cc2-c2ccc3ccc4c(-c5cc6ccccc6c6ccccc56)ccc5ccc2c3c54)cc1. The fourth-order valence-electron chi connectivity index (χ4n) is 7.87. The maximum atomic E-state index is 2.39. The van der Waals surface area contributed by atoms with Gasteiger partial charge in [-0.25, -0.2) is 0 Å². The van der Waals surface area contributed by atoms with Crippen molar-refractivity contribution in [2.45, 2.75) is 0 Å². The first-order chi connectivity index (χ1) is 22.8. The topological polar surface area (TPSA) is 0 Å². The van der Waals surface area contributed by atoms with Gasteiger partial charge in [0.25, 0.3) is 0 Å². The quantitative estimate of drug-likeness (QED) is 0.182. The van der Waals surface area contributed by atoms with Crippen LogP contribution in [0.15, 0.2) is 170 Å². The van der Waals surface area contributed by atoms with Gasteiger partial charge in [-0.05, 0) is 116 Å². The van der Waals surface area contributed by atoms with Crippen LogP contribution < -0.4 is 0 Å². The van der Waals surface area contributed by atoms with Gasteiger partial charge in [0.15, 0.2) is 0 Å². The number of benzene rings is 10. The summed E-state index contributed by atoms with van der Waals surface area (Å²) >= 11 is 0. The molecule has 0 nitrogen and oxygen atoms in total. The van der Waals surface area contributed by atoms with Gasteiger partial charge in [-0.3, -0.25) is 0 Å². The second-order valence-electron chi connectivity index (χ2n) is 12.5. The van der Waals surface area contributed by atoms with Gasteiger partial charge in [0, 0.05) is 0 Å². The Hall–Kier alpha value is -5.98. The van der Waals surface area contributed by atoms with Gasteiger partial charge in [0.05, 0.1) is 0 Å². The van der Waals surface area contributed by atoms with Crippen LogP contribution in [0, 0.1) is 0 Å². The second kappa shape index (κ2) is 9.76. The van der Waals surface area contributed by atoms with Crippen molar-refractivity contribution in [3.05, 3.63) is 170 Å². The summed E-state index contributed by atoms with van der Waals surface area (Å²) in [4.78, 5) is 0. The Balaban J connectivity index is 1.29. The first-order valence-corrected chi connectivity index (χ1v) is 16.0. The van der Waals surface area contributed by atoms with E-state index in [0.29, 0.717) is 0 Å². The molecule has 212 valence electrons. The van der Waals surface area contributed by atoms with Crippen molar-refractivity contribution in [3.63, 3.8) is 0 Å². The second-order valence-corrected chi connectivity index (χ2v) is 12.5. The van der Waals surface area contributed by atoms with E-state index in [2.05, 4.69) is 170 Å². The lowest BCUT2D eigenvalue weighted by molar-refractivity contribution is 1.63. The van der Waals surface area contributed by atoms with Gasteiger partial charge in [-0.15, -0.1) is 0 Å². The van der Waals surface area contributed by atoms with Gasteiger partial charge >= 0.3 is 0 Å². The molecule has 0 aromatic heterocycles. The molecule has 0 saturated carbocycles. The van der Waals surface area contributed by atoms with Crippen molar-refractivity contribution < 1.29 is 0 Å². The molecular formula is C46H28. The van der Waals surface area contributed by atoms with E-state index in [1.807, 2.05) is 0 Å². The van der Waals surface area contributed by atoms with Crippen LogP contribution >= 0.6 is 0 Å². The molecule has 0 heterocycles. The Morgan fingerprint density at radius 1 is 0.217 bits per heavy atom. The number of hydrogen-bond donors (Lipinski definition) is 0. The van der Waals surface area contributed by atoms with Crippen LogP contribution in [0.1, 0.15) is 0 Å². The highest BCUT2D eigenvalue weighted by Crippen LogP contribution is 2.46. The zero-order valence-electron chi connectivity index (χ0n) is 25.2. The van der Waals surface area contributed by atoms with Crippen molar-refractivity contribution in [2.24, 2.45) is 0 Å². The van der Waals surface area contributed by atoms with Crippen LogP contribution in [-0.4, -0.2) is 0 Å². The van der Waals surface area contributed by atoms with Crippen molar-refractivity contribution in [1.82, 2.24) is 0 Å². The lowest BCUT2D eigenvalue weighted by atomic mass is 9.84. The molecule has 46 heavy (non-hydrogen) atoms. The van der Waals surface area contributed by atoms with E-state index in [9.17, 15) is 0 Å². The Bertz CT molecular complexity index is 2790. The molecule has 0 N–H and O–H groups in total. The molecule has 0 aliphatic heterocycles. The van der Waals surface area contributed by atoms with E-state index in [1.165, 1.54) is 98.0 Å². The minimum atomic E-state index is 1.24. The van der Waals surface area contributed by atoms with Gasteiger partial charge < -0.3 is 0 Å². The molecule has 0 bridgehead atoms. The van der Waals surface area contributed by atoms with Crippen LogP contribution in [0.25, 0.3) is 98.0 Å². The maximum absolute atomic E-state index is 2.39. The summed E-state index contributed by atoms with van der Waals surface area (Å²) in [5, 5.41) is 15.5. The predicted octanol–water partition coefficient (Wildman–Crippen LogP) is 13.0. The summed E-state index contributed by atoms with van der Waals surface area (Å²) in [6.07, 6.45) is 0. The molecule has 0 atom stereocenters. The largest absolute Gasteiger partial charge is 0.0622 e. The normalized spacial score (nSPS) is 11.9. The summed E-state index contributed by atoms with van der Waals surface area (Å²) in [5.41, 5.74) is 7.60. The Morgan fingerprint density at radius 3 is 1.37 bits per heavy atom. The lowest BCUT2D eigenvalue weighted by Crippen LogP contribution is -1.92. The van der Waals surface area contributed by atoms with E-state index >= 15 is 0 Å². The molecule has 10 aromatic rings. The first kappa shape index (κ1) is 25.4. The highest BCUT2D eigenvalue weighted by Gasteiger charge is 2.18. The zero-order chi connectivity index (χ0) is 30.2. The smallest absolute Gasteiger partial charge is 0.00203 e. The third-order valence-electron chi connectivity index (χ3n) is 9.98. The molecule has 0 aliphatic rings. The molecule has 0 saturated heterocycles. The summed E-state index contributed by atoms with van der Waals surface area (Å²) in [6.45, 7) is 0. The molecule has 0 amide bonds. The molecule has 0 fully saturated rings. The highest BCUT2D eigenvalue weighted by molar-refractivity contribution is 6.29. The average molecular weight is 581 g/mol. The summed E-state index contributed by atoms with van der Waals surface area (Å²) in [5.74, 6) is 0. The minimum absolute atomic E-state index is 1.24. The molecule has 0 spiro atoms. The van der Waals surface area contributed by atoms with E-state index in [0.717, 1.165) is 0 Å². The molecular weight excluding hydrogens is 553 g/mol. The molecule has 10 rings (SSSR count). The van der Waals surface area contributed by atoms with Gasteiger partial charge in [-0.2, -0.15) is 0 Å². The minimum Gasteiger partial charge on any atom is -0.0622 e. The third-order valence-corrected chi connectivity index (χ3v) is 9.98. The summed E-state index contributed by atoms with van der Waals surface area (Å²) in [7, 11) is 0. The monoisotopic (exact) mass is 580 g/mol. The van der Waals surface area contributed by atoms with Crippen molar-refractivity contribution in [1.29, 1.82) is 0 Å². The molecule has 0 heteroatoms. The zero-order valence-corrected chi connectivity index (χ0v) is 25.2. The standard InChI is InChI=1S/C46H28/c1-2-10-29(11-3-1)42-26-32-12-4-5-13-33(32)27-44(42)39-23-19-31-20-24-40-38(22-18-30-21-25-41(39)46(31)45(30)40)43-28-34-14-6-7-15-35(34)36-16-8-9-17-37(36)43/h1-28H. The van der Waals surface area contributed by atoms with Crippen LogP contribution in [0.2, 0.25) is 0 Å². The average Bonchev–Trinajstić information content (AvgIpc) is 3.13. The van der Waals surface area contributed by atoms with Crippen LogP contribution in [0.4, 0.5) is 0 Å². The van der Waals surface area contributed by atoms with Gasteiger partial charge in [0.2, 0.25) is 0 Å². The first-order valence-electron chi connectivity index (χ1n) is 16.0. The van der Waals surface area contributed by atoms with Crippen molar-refractivity contribution >= 4 is 64.6 Å². The lowest BCUT2D eigenvalue weighted by Gasteiger charge is -2.19. The molecule has 0 unspecified atom stereocenters. The van der Waals surface area contributed by atoms with E-state index in [4.69, 9.17) is 0 Å². The number of fused-ring (bicyclic) bond motifs is 4. The van der Waals surface area contributed by atoms with Crippen LogP contribution in [-0.2, 0) is 0 Å². The number of rotatable bonds is 3. The van der Waals surface area contributed by atoms with Crippen LogP contribution in [0.3, 0.4) is 0 Å². The molecule has 0 radical (unpaired) electrons. The van der Waals surface area contributed by atoms with Crippen LogP contribution in [0.5, 0.6) is 0 Å². The Kier molecular flexibility index (Phi) is 5.38. The van der Waals surface area contributed by atoms with Gasteiger partial charge in [0.1, 0.15) is 0 Å². The van der Waals surface area contributed by atoms with E-state index in [1.54, 1.807) is 0 Å². The van der Waals surface area contributed by atoms with Crippen molar-refractivity contribution in [3.8, 4) is 33.4 Å². The fraction of sp³-hybridized carbons (Fsp3) is 0. The number of hydrogen-bond acceptors (Lipinski definition) is 0. The van der Waals surface area contributed by atoms with E-state index < -0.39 is 0 Å². The predicted molar refractivity (Wildman–Crippen MR) is 199 cm³/mol. The molecule has 0 aliphatic carbocycles. The highest BCUT2D eigenvalue weighted by atomic mass is 14.2. The molecule has 10 aromatic carbocycles. The summed E-state index contributed by atoms with van der Waals surface area (Å²) in [6, 6.07) is 62.9.